The van der Waals surface area contributed by atoms with E-state index >= 15 is 0 Å². The summed E-state index contributed by atoms with van der Waals surface area (Å²) < 4.78 is 6.08. The van der Waals surface area contributed by atoms with Crippen molar-refractivity contribution in [3.05, 3.63) is 0 Å². The van der Waals surface area contributed by atoms with Gasteiger partial charge in [0.25, 0.3) is 0 Å². The third-order valence-corrected chi connectivity index (χ3v) is 3.56. The first-order valence-corrected chi connectivity index (χ1v) is 5.25. The Hall–Kier alpha value is -0.120. The van der Waals surface area contributed by atoms with Crippen molar-refractivity contribution in [1.82, 2.24) is 4.90 Å². The molecule has 0 amide bonds. The summed E-state index contributed by atoms with van der Waals surface area (Å²) in [7, 11) is 4.17. The van der Waals surface area contributed by atoms with Crippen LogP contribution in [-0.4, -0.2) is 42.3 Å². The maximum absolute atomic E-state index is 6.08. The molecule has 0 bridgehead atoms. The van der Waals surface area contributed by atoms with Crippen LogP contribution in [0.1, 0.15) is 34.1 Å². The van der Waals surface area contributed by atoms with Gasteiger partial charge in [-0.15, -0.1) is 0 Å². The van der Waals surface area contributed by atoms with Crippen LogP contribution in [0.3, 0.4) is 0 Å². The second-order valence-electron chi connectivity index (χ2n) is 5.68. The summed E-state index contributed by atoms with van der Waals surface area (Å²) in [6.45, 7) is 9.17. The minimum absolute atomic E-state index is 0.0451. The van der Waals surface area contributed by atoms with Gasteiger partial charge in [0.15, 0.2) is 0 Å². The molecule has 3 heteroatoms. The summed E-state index contributed by atoms with van der Waals surface area (Å²) in [4.78, 5) is 2.21. The molecular formula is C11H24N2O. The van der Waals surface area contributed by atoms with Crippen molar-refractivity contribution in [2.75, 3.05) is 20.6 Å². The Kier molecular flexibility index (Phi) is 2.72. The quantitative estimate of drug-likeness (QED) is 0.728. The smallest absolute Gasteiger partial charge is 0.0829 e. The standard InChI is InChI=1S/C11H24N2O/c1-9(2)7-11(8-12,13(5)6)10(3,4)14-9/h7-8,12H2,1-6H3. The Labute approximate surface area is 87.6 Å². The van der Waals surface area contributed by atoms with E-state index in [9.17, 15) is 0 Å². The van der Waals surface area contributed by atoms with Gasteiger partial charge in [0, 0.05) is 6.54 Å². The van der Waals surface area contributed by atoms with Gasteiger partial charge in [0.05, 0.1) is 16.7 Å². The van der Waals surface area contributed by atoms with E-state index in [2.05, 4.69) is 46.7 Å². The van der Waals surface area contributed by atoms with E-state index in [-0.39, 0.29) is 16.7 Å². The van der Waals surface area contributed by atoms with Gasteiger partial charge in [-0.05, 0) is 48.2 Å². The van der Waals surface area contributed by atoms with Gasteiger partial charge in [-0.3, -0.25) is 4.90 Å². The number of likely N-dealkylation sites (N-methyl/N-ethyl adjacent to an activating group) is 1. The Morgan fingerprint density at radius 2 is 1.71 bits per heavy atom. The molecule has 0 aromatic carbocycles. The first-order valence-electron chi connectivity index (χ1n) is 5.25. The first-order chi connectivity index (χ1) is 6.17. The van der Waals surface area contributed by atoms with Gasteiger partial charge in [-0.2, -0.15) is 0 Å². The molecule has 0 spiro atoms. The molecule has 0 radical (unpaired) electrons. The van der Waals surface area contributed by atoms with E-state index in [0.29, 0.717) is 6.54 Å². The zero-order valence-corrected chi connectivity index (χ0v) is 10.3. The van der Waals surface area contributed by atoms with Crippen LogP contribution >= 0.6 is 0 Å². The highest BCUT2D eigenvalue weighted by molar-refractivity contribution is 5.11. The van der Waals surface area contributed by atoms with Crippen molar-refractivity contribution in [2.24, 2.45) is 5.73 Å². The lowest BCUT2D eigenvalue weighted by Gasteiger charge is -2.44. The summed E-state index contributed by atoms with van der Waals surface area (Å²) >= 11 is 0. The van der Waals surface area contributed by atoms with Crippen molar-refractivity contribution in [3.8, 4) is 0 Å². The second-order valence-corrected chi connectivity index (χ2v) is 5.68. The normalized spacial score (nSPS) is 35.1. The maximum atomic E-state index is 6.08. The van der Waals surface area contributed by atoms with Crippen LogP contribution in [0.5, 0.6) is 0 Å². The van der Waals surface area contributed by atoms with E-state index in [1.54, 1.807) is 0 Å². The molecule has 3 nitrogen and oxygen atoms in total. The van der Waals surface area contributed by atoms with Gasteiger partial charge in [-0.25, -0.2) is 0 Å². The van der Waals surface area contributed by atoms with Crippen molar-refractivity contribution in [1.29, 1.82) is 0 Å². The molecular weight excluding hydrogens is 176 g/mol. The minimum atomic E-state index is -0.186. The molecule has 1 rings (SSSR count). The van der Waals surface area contributed by atoms with E-state index in [1.165, 1.54) is 0 Å². The Balaban J connectivity index is 3.08. The lowest BCUT2D eigenvalue weighted by atomic mass is 9.78. The number of hydrogen-bond donors (Lipinski definition) is 1. The van der Waals surface area contributed by atoms with Gasteiger partial charge in [-0.1, -0.05) is 0 Å². The Bertz CT molecular complexity index is 223. The van der Waals surface area contributed by atoms with Crippen LogP contribution in [0.15, 0.2) is 0 Å². The zero-order chi connectivity index (χ0) is 11.2. The van der Waals surface area contributed by atoms with E-state index < -0.39 is 0 Å². The van der Waals surface area contributed by atoms with Gasteiger partial charge < -0.3 is 10.5 Å². The number of hydrogen-bond acceptors (Lipinski definition) is 3. The van der Waals surface area contributed by atoms with Crippen molar-refractivity contribution in [3.63, 3.8) is 0 Å². The largest absolute Gasteiger partial charge is 0.368 e. The summed E-state index contributed by atoms with van der Waals surface area (Å²) in [6.07, 6.45) is 0.983. The van der Waals surface area contributed by atoms with Crippen LogP contribution in [0.4, 0.5) is 0 Å². The first kappa shape index (κ1) is 12.0. The second kappa shape index (κ2) is 3.19. The fraction of sp³-hybridized carbons (Fsp3) is 1.00. The average Bonchev–Trinajstić information content (AvgIpc) is 2.15. The van der Waals surface area contributed by atoms with E-state index in [1.807, 2.05) is 0 Å². The molecule has 0 aliphatic carbocycles. The van der Waals surface area contributed by atoms with Gasteiger partial charge in [0.2, 0.25) is 0 Å². The molecule has 14 heavy (non-hydrogen) atoms. The van der Waals surface area contributed by atoms with Crippen molar-refractivity contribution < 1.29 is 4.74 Å². The van der Waals surface area contributed by atoms with Crippen LogP contribution in [-0.2, 0) is 4.74 Å². The van der Waals surface area contributed by atoms with Crippen LogP contribution in [0.2, 0.25) is 0 Å². The number of rotatable bonds is 2. The Morgan fingerprint density at radius 3 is 1.86 bits per heavy atom. The predicted molar refractivity (Wildman–Crippen MR) is 59.3 cm³/mol. The number of ether oxygens (including phenoxy) is 1. The summed E-state index contributed by atoms with van der Waals surface area (Å²) in [6, 6.07) is 0. The van der Waals surface area contributed by atoms with Crippen molar-refractivity contribution in [2.45, 2.75) is 50.9 Å². The molecule has 0 aromatic rings. The number of nitrogens with two attached hydrogens (primary N) is 1. The molecule has 0 aromatic heterocycles. The van der Waals surface area contributed by atoms with Crippen LogP contribution < -0.4 is 5.73 Å². The lowest BCUT2D eigenvalue weighted by molar-refractivity contribution is -0.0966. The van der Waals surface area contributed by atoms with E-state index in [4.69, 9.17) is 10.5 Å². The highest BCUT2D eigenvalue weighted by Crippen LogP contribution is 2.46. The monoisotopic (exact) mass is 200 g/mol. The molecule has 1 fully saturated rings. The SMILES string of the molecule is CN(C)C1(CN)CC(C)(C)OC1(C)C. The molecule has 2 N–H and O–H groups in total. The molecule has 84 valence electrons. The summed E-state index contributed by atoms with van der Waals surface area (Å²) in [5.74, 6) is 0. The van der Waals surface area contributed by atoms with E-state index in [0.717, 1.165) is 6.42 Å². The Morgan fingerprint density at radius 1 is 1.21 bits per heavy atom. The molecule has 1 unspecified atom stereocenters. The fourth-order valence-corrected chi connectivity index (χ4v) is 2.94. The zero-order valence-electron chi connectivity index (χ0n) is 10.3. The summed E-state index contributed by atoms with van der Waals surface area (Å²) in [5.41, 5.74) is 5.64. The highest BCUT2D eigenvalue weighted by atomic mass is 16.5. The highest BCUT2D eigenvalue weighted by Gasteiger charge is 2.57. The van der Waals surface area contributed by atoms with Crippen molar-refractivity contribution >= 4 is 0 Å². The third-order valence-electron chi connectivity index (χ3n) is 3.56. The molecule has 1 aliphatic heterocycles. The van der Waals surface area contributed by atoms with Crippen LogP contribution in [0.25, 0.3) is 0 Å². The van der Waals surface area contributed by atoms with Gasteiger partial charge in [0.1, 0.15) is 0 Å². The molecule has 1 saturated heterocycles. The molecule has 1 heterocycles. The fourth-order valence-electron chi connectivity index (χ4n) is 2.94. The number of nitrogens with zero attached hydrogens (tertiary/aromatic N) is 1. The predicted octanol–water partition coefficient (Wildman–Crippen LogP) is 1.22. The topological polar surface area (TPSA) is 38.5 Å². The molecule has 0 saturated carbocycles. The average molecular weight is 200 g/mol. The maximum Gasteiger partial charge on any atom is 0.0829 e. The van der Waals surface area contributed by atoms with Gasteiger partial charge >= 0.3 is 0 Å². The minimum Gasteiger partial charge on any atom is -0.368 e. The molecule has 1 aliphatic rings. The van der Waals surface area contributed by atoms with Crippen LogP contribution in [0, 0.1) is 0 Å². The molecule has 1 atom stereocenters. The summed E-state index contributed by atoms with van der Waals surface area (Å²) in [5, 5.41) is 0. The lowest BCUT2D eigenvalue weighted by Crippen LogP contribution is -2.60. The third kappa shape index (κ3) is 1.58.